The van der Waals surface area contributed by atoms with E-state index in [1.807, 2.05) is 0 Å². The van der Waals surface area contributed by atoms with Gasteiger partial charge in [-0.25, -0.2) is 14.7 Å². The summed E-state index contributed by atoms with van der Waals surface area (Å²) in [4.78, 5) is 50.6. The number of carbonyl (C=O) groups is 3. The van der Waals surface area contributed by atoms with Crippen LogP contribution >= 0.6 is 0 Å². The minimum Gasteiger partial charge on any atom is -0.499 e. The van der Waals surface area contributed by atoms with Crippen LogP contribution in [0.5, 0.6) is 0 Å². The number of aromatic nitrogens is 3. The summed E-state index contributed by atoms with van der Waals surface area (Å²) in [5.41, 5.74) is 0.324. The molecule has 3 aliphatic heterocycles. The van der Waals surface area contributed by atoms with E-state index in [0.717, 1.165) is 19.3 Å². The molecular formula is C23H31N7O4. The summed E-state index contributed by atoms with van der Waals surface area (Å²) < 4.78 is 7.05. The Balaban J connectivity index is 1.41. The molecule has 4 rings (SSSR count). The Morgan fingerprint density at radius 2 is 1.88 bits per heavy atom. The number of amides is 2. The number of fused-ring (bicyclic) bond motifs is 1. The van der Waals surface area contributed by atoms with Gasteiger partial charge in [-0.3, -0.25) is 14.4 Å². The van der Waals surface area contributed by atoms with Gasteiger partial charge in [0.05, 0.1) is 19.2 Å². The number of nitrogens with one attached hydrogen (secondary N) is 1. The first-order valence-corrected chi connectivity index (χ1v) is 11.7. The van der Waals surface area contributed by atoms with Crippen molar-refractivity contribution < 1.29 is 19.1 Å². The third-order valence-corrected chi connectivity index (χ3v) is 6.44. The van der Waals surface area contributed by atoms with Gasteiger partial charge in [-0.2, -0.15) is 5.10 Å². The molecule has 0 saturated carbocycles. The highest BCUT2D eigenvalue weighted by Crippen LogP contribution is 2.33. The fourth-order valence-electron chi connectivity index (χ4n) is 4.53. The number of carbonyl (C=O) groups excluding carboxylic acids is 3. The smallest absolute Gasteiger partial charge is 0.294 e. The summed E-state index contributed by atoms with van der Waals surface area (Å²) in [6.07, 6.45) is 8.19. The number of ketones is 1. The van der Waals surface area contributed by atoms with Gasteiger partial charge in [0, 0.05) is 44.4 Å². The predicted molar refractivity (Wildman–Crippen MR) is 123 cm³/mol. The van der Waals surface area contributed by atoms with Crippen molar-refractivity contribution in [1.29, 1.82) is 0 Å². The number of hydrogen-bond acceptors (Lipinski definition) is 8. The third-order valence-electron chi connectivity index (χ3n) is 6.44. The molecule has 182 valence electrons. The molecule has 1 aromatic heterocycles. The van der Waals surface area contributed by atoms with E-state index in [9.17, 15) is 14.4 Å². The van der Waals surface area contributed by atoms with Crippen LogP contribution in [-0.4, -0.2) is 87.3 Å². The molecule has 0 bridgehead atoms. The number of aryl methyl sites for hydroxylation is 1. The van der Waals surface area contributed by atoms with Crippen LogP contribution in [-0.2, 0) is 19.1 Å². The van der Waals surface area contributed by atoms with Crippen LogP contribution in [0.3, 0.4) is 0 Å². The fourth-order valence-corrected chi connectivity index (χ4v) is 4.53. The van der Waals surface area contributed by atoms with Crippen LogP contribution in [0.25, 0.3) is 0 Å². The molecule has 1 saturated heterocycles. The summed E-state index contributed by atoms with van der Waals surface area (Å²) in [5.74, 6) is 0.119. The number of rotatable bonds is 7. The first-order valence-electron chi connectivity index (χ1n) is 11.7. The van der Waals surface area contributed by atoms with E-state index in [4.69, 9.17) is 4.74 Å². The normalized spacial score (nSPS) is 21.8. The predicted octanol–water partition coefficient (Wildman–Crippen LogP) is 0.627. The number of Topliss-reactive ketones (excluding diaryl/α,β-unsaturated/α-hetero) is 1. The lowest BCUT2D eigenvalue weighted by Gasteiger charge is -2.35. The maximum atomic E-state index is 13.3. The van der Waals surface area contributed by atoms with Crippen LogP contribution in [0.4, 0.5) is 0 Å². The molecule has 1 aromatic rings. The number of aliphatic imine (C=N–C) groups is 1. The molecule has 4 heterocycles. The zero-order valence-electron chi connectivity index (χ0n) is 19.9. The lowest BCUT2D eigenvalue weighted by Crippen LogP contribution is -2.52. The molecule has 0 aliphatic carbocycles. The molecule has 3 aliphatic rings. The van der Waals surface area contributed by atoms with Crippen LogP contribution in [0, 0.1) is 12.8 Å². The summed E-state index contributed by atoms with van der Waals surface area (Å²) in [7, 11) is 1.52. The Morgan fingerprint density at radius 3 is 2.53 bits per heavy atom. The second kappa shape index (κ2) is 10.2. The summed E-state index contributed by atoms with van der Waals surface area (Å²) >= 11 is 0. The largest absolute Gasteiger partial charge is 0.499 e. The lowest BCUT2D eigenvalue weighted by atomic mass is 9.88. The molecule has 1 N–H and O–H groups in total. The van der Waals surface area contributed by atoms with Crippen molar-refractivity contribution in [2.75, 3.05) is 33.3 Å². The monoisotopic (exact) mass is 469 g/mol. The van der Waals surface area contributed by atoms with E-state index in [2.05, 4.69) is 27.3 Å². The third kappa shape index (κ3) is 4.59. The zero-order chi connectivity index (χ0) is 24.2. The molecule has 2 atom stereocenters. The van der Waals surface area contributed by atoms with Crippen molar-refractivity contribution >= 4 is 23.4 Å². The van der Waals surface area contributed by atoms with Crippen LogP contribution in [0.1, 0.15) is 38.4 Å². The summed E-state index contributed by atoms with van der Waals surface area (Å²) in [5, 5.41) is 7.49. The number of piperazine rings is 1. The molecule has 0 aromatic carbocycles. The molecule has 0 spiro atoms. The van der Waals surface area contributed by atoms with Crippen molar-refractivity contribution in [2.45, 2.75) is 45.6 Å². The lowest BCUT2D eigenvalue weighted by molar-refractivity contribution is -0.146. The highest BCUT2D eigenvalue weighted by Gasteiger charge is 2.45. The Morgan fingerprint density at radius 1 is 1.15 bits per heavy atom. The van der Waals surface area contributed by atoms with E-state index >= 15 is 0 Å². The number of unbranched alkanes of at least 4 members (excludes halogenated alkanes) is 2. The highest BCUT2D eigenvalue weighted by atomic mass is 16.5. The molecule has 1 fully saturated rings. The van der Waals surface area contributed by atoms with Gasteiger partial charge in [0.2, 0.25) is 11.7 Å². The Kier molecular flexibility index (Phi) is 7.09. The van der Waals surface area contributed by atoms with Crippen molar-refractivity contribution in [1.82, 2.24) is 29.9 Å². The van der Waals surface area contributed by atoms with Crippen molar-refractivity contribution in [3.8, 4) is 0 Å². The van der Waals surface area contributed by atoms with E-state index in [0.29, 0.717) is 55.6 Å². The number of nitrogens with zero attached hydrogens (tertiary/aromatic N) is 6. The number of ether oxygens (including phenoxy) is 1. The molecule has 11 nitrogen and oxygen atoms in total. The maximum Gasteiger partial charge on any atom is 0.294 e. The van der Waals surface area contributed by atoms with E-state index in [1.54, 1.807) is 35.2 Å². The van der Waals surface area contributed by atoms with Gasteiger partial charge in [-0.15, -0.1) is 0 Å². The van der Waals surface area contributed by atoms with Crippen LogP contribution < -0.4 is 5.32 Å². The van der Waals surface area contributed by atoms with Gasteiger partial charge in [-0.1, -0.05) is 19.8 Å². The molecule has 2 amide bonds. The van der Waals surface area contributed by atoms with Gasteiger partial charge in [0.1, 0.15) is 24.0 Å². The van der Waals surface area contributed by atoms with Gasteiger partial charge in [0.15, 0.2) is 5.84 Å². The molecule has 11 heteroatoms. The second-order valence-corrected chi connectivity index (χ2v) is 8.64. The van der Waals surface area contributed by atoms with Crippen molar-refractivity contribution in [2.24, 2.45) is 10.9 Å². The van der Waals surface area contributed by atoms with Gasteiger partial charge < -0.3 is 19.9 Å². The Labute approximate surface area is 198 Å². The standard InChI is InChI=1S/C23H31N7O4/c1-4-5-6-7-18(31)28-8-10-29(11-9-28)23(33)21(32)16-12-24-20-19(16)17(34-3)13-25-22(20)30-14-26-15(2)27-30/h12-14,19-20,24H,4-11H2,1-3H3. The van der Waals surface area contributed by atoms with E-state index in [1.165, 1.54) is 12.0 Å². The van der Waals surface area contributed by atoms with Crippen LogP contribution in [0.15, 0.2) is 35.1 Å². The Bertz CT molecular complexity index is 1050. The molecule has 0 radical (unpaired) electrons. The molecule has 34 heavy (non-hydrogen) atoms. The first kappa shape index (κ1) is 23.7. The van der Waals surface area contributed by atoms with Crippen molar-refractivity contribution in [3.05, 3.63) is 35.9 Å². The van der Waals surface area contributed by atoms with E-state index in [-0.39, 0.29) is 5.91 Å². The van der Waals surface area contributed by atoms with Crippen molar-refractivity contribution in [3.63, 3.8) is 0 Å². The van der Waals surface area contributed by atoms with Gasteiger partial charge >= 0.3 is 0 Å². The van der Waals surface area contributed by atoms with Crippen LogP contribution in [0.2, 0.25) is 0 Å². The van der Waals surface area contributed by atoms with Gasteiger partial charge in [0.25, 0.3) is 5.91 Å². The summed E-state index contributed by atoms with van der Waals surface area (Å²) in [6, 6.07) is -0.412. The SMILES string of the molecule is CCCCCC(=O)N1CCN(C(=O)C(=O)C2=CNC3C(n4cnc(C)n4)=NC=C(OC)C23)CC1. The minimum absolute atomic E-state index is 0.115. The number of hydrogen-bond donors (Lipinski definition) is 1. The maximum absolute atomic E-state index is 13.3. The minimum atomic E-state index is -0.582. The quantitative estimate of drug-likeness (QED) is 0.459. The fraction of sp³-hybridized carbons (Fsp3) is 0.565. The van der Waals surface area contributed by atoms with Gasteiger partial charge in [-0.05, 0) is 13.3 Å². The molecular weight excluding hydrogens is 438 g/mol. The Hall–Kier alpha value is -3.50. The average Bonchev–Trinajstić information content (AvgIpc) is 3.49. The molecule has 2 unspecified atom stereocenters. The topological polar surface area (TPSA) is 122 Å². The summed E-state index contributed by atoms with van der Waals surface area (Å²) in [6.45, 7) is 5.46. The number of methoxy groups -OCH3 is 1. The first-order chi connectivity index (χ1) is 16.4. The van der Waals surface area contributed by atoms with E-state index < -0.39 is 23.7 Å². The highest BCUT2D eigenvalue weighted by molar-refractivity contribution is 6.43. The zero-order valence-corrected chi connectivity index (χ0v) is 19.9. The second-order valence-electron chi connectivity index (χ2n) is 8.64. The average molecular weight is 470 g/mol.